The van der Waals surface area contributed by atoms with Gasteiger partial charge in [-0.15, -0.1) is 0 Å². The fraction of sp³-hybridized carbons (Fsp3) is 0.222. The van der Waals surface area contributed by atoms with Crippen LogP contribution in [0.4, 0.5) is 28.9 Å². The zero-order chi connectivity index (χ0) is 18.9. The third kappa shape index (κ3) is 4.01. The molecule has 26 heavy (non-hydrogen) atoms. The van der Waals surface area contributed by atoms with Gasteiger partial charge in [-0.25, -0.2) is 4.39 Å². The summed E-state index contributed by atoms with van der Waals surface area (Å²) in [6, 6.07) is 9.88. The minimum Gasteiger partial charge on any atom is -0.326 e. The smallest absolute Gasteiger partial charge is 0.326 e. The lowest BCUT2D eigenvalue weighted by Gasteiger charge is -2.10. The highest BCUT2D eigenvalue weighted by Crippen LogP contribution is 2.40. The van der Waals surface area contributed by atoms with Crippen LogP contribution in [0.25, 0.3) is 0 Å². The molecule has 0 bridgehead atoms. The maximum Gasteiger partial charge on any atom is 0.416 e. The Hall–Kier alpha value is -2.90. The average molecular weight is 366 g/mol. The van der Waals surface area contributed by atoms with Gasteiger partial charge in [0, 0.05) is 5.69 Å². The van der Waals surface area contributed by atoms with Gasteiger partial charge in [0.2, 0.25) is 11.8 Å². The van der Waals surface area contributed by atoms with Crippen molar-refractivity contribution in [2.75, 3.05) is 10.6 Å². The molecule has 0 heterocycles. The number of hydrogen-bond acceptors (Lipinski definition) is 2. The molecule has 0 saturated heterocycles. The number of benzene rings is 2. The molecule has 2 aromatic rings. The van der Waals surface area contributed by atoms with Gasteiger partial charge >= 0.3 is 6.18 Å². The number of rotatable bonds is 4. The van der Waals surface area contributed by atoms with E-state index in [0.717, 1.165) is 12.1 Å². The minimum absolute atomic E-state index is 0.00462. The highest BCUT2D eigenvalue weighted by molar-refractivity contribution is 6.03. The molecule has 0 radical (unpaired) electrons. The van der Waals surface area contributed by atoms with E-state index in [0.29, 0.717) is 0 Å². The van der Waals surface area contributed by atoms with Crippen LogP contribution < -0.4 is 10.6 Å². The van der Waals surface area contributed by atoms with Gasteiger partial charge < -0.3 is 10.6 Å². The summed E-state index contributed by atoms with van der Waals surface area (Å²) in [5, 5.41) is 4.79. The van der Waals surface area contributed by atoms with Gasteiger partial charge in [-0.3, -0.25) is 9.59 Å². The lowest BCUT2D eigenvalue weighted by molar-refractivity contribution is -0.137. The summed E-state index contributed by atoms with van der Waals surface area (Å²) in [6.07, 6.45) is -4.26. The van der Waals surface area contributed by atoms with Crippen molar-refractivity contribution in [1.82, 2.24) is 0 Å². The summed E-state index contributed by atoms with van der Waals surface area (Å²) in [5.74, 6) is -2.93. The Labute approximate surface area is 146 Å². The first-order valence-electron chi connectivity index (χ1n) is 7.79. The van der Waals surface area contributed by atoms with Crippen LogP contribution in [0.1, 0.15) is 12.0 Å². The van der Waals surface area contributed by atoms with E-state index >= 15 is 0 Å². The van der Waals surface area contributed by atoms with E-state index in [1.807, 2.05) is 0 Å². The van der Waals surface area contributed by atoms with Crippen LogP contribution in [-0.2, 0) is 15.8 Å². The summed E-state index contributed by atoms with van der Waals surface area (Å²) in [6.45, 7) is 0. The summed E-state index contributed by atoms with van der Waals surface area (Å²) in [4.78, 5) is 24.2. The van der Waals surface area contributed by atoms with E-state index in [9.17, 15) is 27.2 Å². The maximum absolute atomic E-state index is 13.5. The van der Waals surface area contributed by atoms with Crippen molar-refractivity contribution >= 4 is 23.2 Å². The van der Waals surface area contributed by atoms with Crippen LogP contribution >= 0.6 is 0 Å². The van der Waals surface area contributed by atoms with Gasteiger partial charge in [-0.2, -0.15) is 13.2 Å². The predicted octanol–water partition coefficient (Wildman–Crippen LogP) is 4.06. The molecule has 2 unspecified atom stereocenters. The molecule has 1 saturated carbocycles. The van der Waals surface area contributed by atoms with Gasteiger partial charge in [0.15, 0.2) is 0 Å². The molecule has 4 nitrogen and oxygen atoms in total. The van der Waals surface area contributed by atoms with Crippen LogP contribution in [0.2, 0.25) is 0 Å². The highest BCUT2D eigenvalue weighted by Gasteiger charge is 2.48. The van der Waals surface area contributed by atoms with Crippen molar-refractivity contribution in [2.24, 2.45) is 11.8 Å². The molecular formula is C18H14F4N2O2. The number of anilines is 2. The maximum atomic E-state index is 13.5. The normalized spacial score (nSPS) is 18.9. The number of para-hydroxylation sites is 1. The van der Waals surface area contributed by atoms with Crippen molar-refractivity contribution in [1.29, 1.82) is 0 Å². The number of hydrogen-bond donors (Lipinski definition) is 2. The van der Waals surface area contributed by atoms with Crippen molar-refractivity contribution in [3.8, 4) is 0 Å². The minimum atomic E-state index is -4.51. The molecule has 0 spiro atoms. The molecule has 0 aliphatic heterocycles. The van der Waals surface area contributed by atoms with E-state index in [2.05, 4.69) is 10.6 Å². The Morgan fingerprint density at radius 2 is 1.58 bits per heavy atom. The Morgan fingerprint density at radius 3 is 2.23 bits per heavy atom. The molecule has 2 N–H and O–H groups in total. The number of carbonyl (C=O) groups is 2. The Bertz CT molecular complexity index is 851. The lowest BCUT2D eigenvalue weighted by Crippen LogP contribution is -2.21. The van der Waals surface area contributed by atoms with Crippen molar-refractivity contribution in [3.05, 3.63) is 59.9 Å². The second-order valence-electron chi connectivity index (χ2n) is 5.99. The number of nitrogens with one attached hydrogen (secondary N) is 2. The van der Waals surface area contributed by atoms with Crippen LogP contribution in [0.15, 0.2) is 48.5 Å². The van der Waals surface area contributed by atoms with Gasteiger partial charge in [0.05, 0.1) is 23.1 Å². The average Bonchev–Trinajstić information content (AvgIpc) is 3.37. The first-order chi connectivity index (χ1) is 12.3. The summed E-state index contributed by atoms with van der Waals surface area (Å²) < 4.78 is 51.6. The SMILES string of the molecule is O=C(Nc1cccc(C(F)(F)F)c1)C1CC1C(=O)Nc1ccccc1F. The summed E-state index contributed by atoms with van der Waals surface area (Å²) >= 11 is 0. The molecule has 1 aliphatic rings. The van der Waals surface area contributed by atoms with Crippen molar-refractivity contribution < 1.29 is 27.2 Å². The summed E-state index contributed by atoms with van der Waals surface area (Å²) in [7, 11) is 0. The fourth-order valence-corrected chi connectivity index (χ4v) is 2.57. The van der Waals surface area contributed by atoms with Gasteiger partial charge in [-0.05, 0) is 36.8 Å². The first kappa shape index (κ1) is 17.9. The van der Waals surface area contributed by atoms with E-state index < -0.39 is 41.2 Å². The van der Waals surface area contributed by atoms with Gasteiger partial charge in [0.1, 0.15) is 5.82 Å². The molecule has 136 valence electrons. The van der Waals surface area contributed by atoms with Crippen LogP contribution in [-0.4, -0.2) is 11.8 Å². The van der Waals surface area contributed by atoms with Gasteiger partial charge in [0.25, 0.3) is 0 Å². The second kappa shape index (κ2) is 6.78. The third-order valence-electron chi connectivity index (χ3n) is 4.05. The molecule has 8 heteroatoms. The van der Waals surface area contributed by atoms with Gasteiger partial charge in [-0.1, -0.05) is 18.2 Å². The van der Waals surface area contributed by atoms with E-state index in [1.165, 1.54) is 30.3 Å². The molecule has 2 amide bonds. The predicted molar refractivity (Wildman–Crippen MR) is 86.7 cm³/mol. The Balaban J connectivity index is 1.59. The summed E-state index contributed by atoms with van der Waals surface area (Å²) in [5.41, 5.74) is -0.855. The van der Waals surface area contributed by atoms with Crippen molar-refractivity contribution in [3.63, 3.8) is 0 Å². The number of halogens is 4. The van der Waals surface area contributed by atoms with E-state index in [-0.39, 0.29) is 17.8 Å². The molecule has 3 rings (SSSR count). The molecule has 1 fully saturated rings. The number of amides is 2. The lowest BCUT2D eigenvalue weighted by atomic mass is 10.2. The monoisotopic (exact) mass is 366 g/mol. The third-order valence-corrected chi connectivity index (χ3v) is 4.05. The molecule has 2 atom stereocenters. The molecule has 1 aliphatic carbocycles. The van der Waals surface area contributed by atoms with E-state index in [4.69, 9.17) is 0 Å². The topological polar surface area (TPSA) is 58.2 Å². The molecular weight excluding hydrogens is 352 g/mol. The van der Waals surface area contributed by atoms with Crippen molar-refractivity contribution in [2.45, 2.75) is 12.6 Å². The van der Waals surface area contributed by atoms with Crippen LogP contribution in [0.3, 0.4) is 0 Å². The number of alkyl halides is 3. The Kier molecular flexibility index (Phi) is 4.67. The molecule has 2 aromatic carbocycles. The largest absolute Gasteiger partial charge is 0.416 e. The first-order valence-corrected chi connectivity index (χ1v) is 7.79. The standard InChI is InChI=1S/C18H14F4N2O2/c19-14-6-1-2-7-15(14)24-17(26)13-9-12(13)16(25)23-11-5-3-4-10(8-11)18(20,21)22/h1-8,12-13H,9H2,(H,23,25)(H,24,26). The quantitative estimate of drug-likeness (QED) is 0.802. The zero-order valence-corrected chi connectivity index (χ0v) is 13.3. The zero-order valence-electron chi connectivity index (χ0n) is 13.3. The second-order valence-corrected chi connectivity index (χ2v) is 5.99. The van der Waals surface area contributed by atoms with E-state index in [1.54, 1.807) is 6.07 Å². The van der Waals surface area contributed by atoms with Crippen LogP contribution in [0.5, 0.6) is 0 Å². The van der Waals surface area contributed by atoms with Crippen LogP contribution in [0, 0.1) is 17.7 Å². The Morgan fingerprint density at radius 1 is 0.923 bits per heavy atom. The number of carbonyl (C=O) groups excluding carboxylic acids is 2. The highest BCUT2D eigenvalue weighted by atomic mass is 19.4. The fourth-order valence-electron chi connectivity index (χ4n) is 2.57. The molecule has 0 aromatic heterocycles.